The van der Waals surface area contributed by atoms with Crippen LogP contribution in [0.3, 0.4) is 0 Å². The van der Waals surface area contributed by atoms with Gasteiger partial charge >= 0.3 is 6.03 Å². The molecule has 1 fully saturated rings. The van der Waals surface area contributed by atoms with Crippen molar-refractivity contribution in [1.29, 1.82) is 0 Å². The van der Waals surface area contributed by atoms with E-state index in [4.69, 9.17) is 4.52 Å². The fourth-order valence-electron chi connectivity index (χ4n) is 2.88. The Balaban J connectivity index is 1.78. The normalized spacial score (nSPS) is 19.8. The molecule has 1 aromatic carbocycles. The summed E-state index contributed by atoms with van der Waals surface area (Å²) >= 11 is 0. The summed E-state index contributed by atoms with van der Waals surface area (Å²) in [5.41, 5.74) is -0.464. The van der Waals surface area contributed by atoms with Crippen molar-refractivity contribution in [3.8, 4) is 0 Å². The van der Waals surface area contributed by atoms with E-state index in [-0.39, 0.29) is 5.82 Å². The van der Waals surface area contributed by atoms with E-state index in [0.717, 1.165) is 4.90 Å². The van der Waals surface area contributed by atoms with Gasteiger partial charge in [-0.15, -0.1) is 0 Å². The molecule has 1 aliphatic heterocycles. The monoisotopic (exact) mass is 342 g/mol. The second-order valence-corrected chi connectivity index (χ2v) is 5.82. The van der Waals surface area contributed by atoms with Gasteiger partial charge < -0.3 is 15.2 Å². The molecule has 3 rings (SSSR count). The van der Waals surface area contributed by atoms with Gasteiger partial charge in [0.15, 0.2) is 5.82 Å². The summed E-state index contributed by atoms with van der Waals surface area (Å²) in [5.74, 6) is -0.201. The molecule has 2 heterocycles. The Morgan fingerprint density at radius 1 is 1.32 bits per heavy atom. The topological polar surface area (TPSA) is 105 Å². The van der Waals surface area contributed by atoms with Crippen molar-refractivity contribution in [2.45, 2.75) is 25.8 Å². The molecule has 4 amide bonds. The van der Waals surface area contributed by atoms with Gasteiger partial charge in [0.25, 0.3) is 5.91 Å². The summed E-state index contributed by atoms with van der Waals surface area (Å²) in [6.07, 6.45) is 0.377. The number of carbonyl (C=O) groups excluding carboxylic acids is 3. The molecule has 0 aliphatic carbocycles. The first kappa shape index (κ1) is 16.7. The SMILES string of the molecule is CC[C@@]1(c2ccccc2)NC(=O)N(CC(=O)Nc2cc(C)on2)C1=O. The number of aryl methyl sites for hydroxylation is 1. The maximum Gasteiger partial charge on any atom is 0.325 e. The minimum Gasteiger partial charge on any atom is -0.360 e. The van der Waals surface area contributed by atoms with Crippen LogP contribution in [0.25, 0.3) is 0 Å². The first-order chi connectivity index (χ1) is 12.0. The summed E-state index contributed by atoms with van der Waals surface area (Å²) in [6.45, 7) is 3.10. The minimum absolute atomic E-state index is 0.236. The molecule has 0 spiro atoms. The number of nitrogens with zero attached hydrogens (tertiary/aromatic N) is 2. The number of anilines is 1. The van der Waals surface area contributed by atoms with E-state index < -0.39 is 29.9 Å². The summed E-state index contributed by atoms with van der Waals surface area (Å²) in [6, 6.07) is 9.95. The largest absolute Gasteiger partial charge is 0.360 e. The van der Waals surface area contributed by atoms with Crippen molar-refractivity contribution in [3.05, 3.63) is 47.7 Å². The van der Waals surface area contributed by atoms with Crippen LogP contribution in [-0.2, 0) is 15.1 Å². The molecule has 130 valence electrons. The maximum absolute atomic E-state index is 12.9. The van der Waals surface area contributed by atoms with E-state index in [1.54, 1.807) is 37.3 Å². The van der Waals surface area contributed by atoms with Gasteiger partial charge in [-0.05, 0) is 18.9 Å². The van der Waals surface area contributed by atoms with Gasteiger partial charge in [0, 0.05) is 6.07 Å². The van der Waals surface area contributed by atoms with Crippen molar-refractivity contribution >= 4 is 23.7 Å². The van der Waals surface area contributed by atoms with E-state index in [2.05, 4.69) is 15.8 Å². The molecule has 1 atom stereocenters. The predicted octanol–water partition coefficient (Wildman–Crippen LogP) is 1.78. The Labute approximate surface area is 144 Å². The molecule has 0 saturated carbocycles. The predicted molar refractivity (Wildman–Crippen MR) is 88.5 cm³/mol. The molecule has 1 aromatic heterocycles. The summed E-state index contributed by atoms with van der Waals surface area (Å²) in [5, 5.41) is 8.88. The lowest BCUT2D eigenvalue weighted by molar-refractivity contribution is -0.134. The van der Waals surface area contributed by atoms with E-state index in [1.165, 1.54) is 0 Å². The van der Waals surface area contributed by atoms with E-state index >= 15 is 0 Å². The van der Waals surface area contributed by atoms with Crippen LogP contribution in [0.4, 0.5) is 10.6 Å². The second-order valence-electron chi connectivity index (χ2n) is 5.82. The van der Waals surface area contributed by atoms with Crippen molar-refractivity contribution in [2.24, 2.45) is 0 Å². The van der Waals surface area contributed by atoms with Gasteiger partial charge in [-0.1, -0.05) is 42.4 Å². The Bertz CT molecular complexity index is 817. The Kier molecular flexibility index (Phi) is 4.26. The summed E-state index contributed by atoms with van der Waals surface area (Å²) < 4.78 is 4.86. The molecular weight excluding hydrogens is 324 g/mol. The molecule has 0 bridgehead atoms. The van der Waals surface area contributed by atoms with Crippen LogP contribution in [0.1, 0.15) is 24.7 Å². The highest BCUT2D eigenvalue weighted by molar-refractivity contribution is 6.10. The minimum atomic E-state index is -1.15. The lowest BCUT2D eigenvalue weighted by Gasteiger charge is -2.25. The van der Waals surface area contributed by atoms with Crippen LogP contribution >= 0.6 is 0 Å². The van der Waals surface area contributed by atoms with Gasteiger partial charge in [-0.25, -0.2) is 4.79 Å². The number of rotatable bonds is 5. The van der Waals surface area contributed by atoms with Crippen LogP contribution in [0.15, 0.2) is 40.9 Å². The number of urea groups is 1. The Morgan fingerprint density at radius 2 is 2.04 bits per heavy atom. The molecule has 2 aromatic rings. The molecule has 1 saturated heterocycles. The number of aromatic nitrogens is 1. The van der Waals surface area contributed by atoms with E-state index in [1.807, 2.05) is 13.0 Å². The van der Waals surface area contributed by atoms with Crippen molar-refractivity contribution in [3.63, 3.8) is 0 Å². The van der Waals surface area contributed by atoms with Gasteiger partial charge in [-0.2, -0.15) is 0 Å². The third-order valence-electron chi connectivity index (χ3n) is 4.17. The highest BCUT2D eigenvalue weighted by Crippen LogP contribution is 2.32. The van der Waals surface area contributed by atoms with Crippen LogP contribution < -0.4 is 10.6 Å². The van der Waals surface area contributed by atoms with Crippen LogP contribution in [0.5, 0.6) is 0 Å². The summed E-state index contributed by atoms with van der Waals surface area (Å²) in [7, 11) is 0. The standard InChI is InChI=1S/C17H18N4O4/c1-3-17(12-7-5-4-6-8-12)15(23)21(16(24)19-17)10-14(22)18-13-9-11(2)25-20-13/h4-9H,3,10H2,1-2H3,(H,19,24)(H,18,20,22)/t17-/m0/s1. The lowest BCUT2D eigenvalue weighted by atomic mass is 9.87. The Morgan fingerprint density at radius 3 is 2.64 bits per heavy atom. The van der Waals surface area contributed by atoms with E-state index in [0.29, 0.717) is 17.7 Å². The molecular formula is C17H18N4O4. The zero-order valence-corrected chi connectivity index (χ0v) is 13.9. The average molecular weight is 342 g/mol. The van der Waals surface area contributed by atoms with Gasteiger partial charge in [0.2, 0.25) is 5.91 Å². The van der Waals surface area contributed by atoms with Gasteiger partial charge in [0.05, 0.1) is 0 Å². The number of imide groups is 1. The highest BCUT2D eigenvalue weighted by Gasteiger charge is 2.51. The zero-order chi connectivity index (χ0) is 18.0. The maximum atomic E-state index is 12.9. The number of nitrogens with one attached hydrogen (secondary N) is 2. The summed E-state index contributed by atoms with van der Waals surface area (Å²) in [4.78, 5) is 38.2. The quantitative estimate of drug-likeness (QED) is 0.806. The number of hydrogen-bond donors (Lipinski definition) is 2. The molecule has 2 N–H and O–H groups in total. The number of hydrogen-bond acceptors (Lipinski definition) is 5. The lowest BCUT2D eigenvalue weighted by Crippen LogP contribution is -2.44. The van der Waals surface area contributed by atoms with Crippen molar-refractivity contribution < 1.29 is 18.9 Å². The fourth-order valence-corrected chi connectivity index (χ4v) is 2.88. The number of amides is 4. The molecule has 0 radical (unpaired) electrons. The van der Waals surface area contributed by atoms with Crippen LogP contribution in [0, 0.1) is 6.92 Å². The second kappa shape index (κ2) is 6.39. The van der Waals surface area contributed by atoms with E-state index in [9.17, 15) is 14.4 Å². The molecule has 0 unspecified atom stereocenters. The number of benzene rings is 1. The van der Waals surface area contributed by atoms with Gasteiger partial charge in [0.1, 0.15) is 17.8 Å². The first-order valence-corrected chi connectivity index (χ1v) is 7.89. The Hall–Kier alpha value is -3.16. The molecule has 8 nitrogen and oxygen atoms in total. The average Bonchev–Trinajstić information content (AvgIpc) is 3.11. The first-order valence-electron chi connectivity index (χ1n) is 7.89. The third kappa shape index (κ3) is 2.98. The van der Waals surface area contributed by atoms with Crippen LogP contribution in [-0.4, -0.2) is 34.4 Å². The number of carbonyl (C=O) groups is 3. The highest BCUT2D eigenvalue weighted by atomic mass is 16.5. The van der Waals surface area contributed by atoms with Crippen molar-refractivity contribution in [2.75, 3.05) is 11.9 Å². The van der Waals surface area contributed by atoms with Crippen molar-refractivity contribution in [1.82, 2.24) is 15.4 Å². The van der Waals surface area contributed by atoms with Crippen LogP contribution in [0.2, 0.25) is 0 Å². The van der Waals surface area contributed by atoms with Gasteiger partial charge in [-0.3, -0.25) is 14.5 Å². The molecule has 8 heteroatoms. The smallest absolute Gasteiger partial charge is 0.325 e. The fraction of sp³-hybridized carbons (Fsp3) is 0.294. The molecule has 1 aliphatic rings. The zero-order valence-electron chi connectivity index (χ0n) is 13.9. The third-order valence-corrected chi connectivity index (χ3v) is 4.17. The molecule has 25 heavy (non-hydrogen) atoms.